The molecule has 0 bridgehead atoms. The van der Waals surface area contributed by atoms with Crippen LogP contribution in [0.1, 0.15) is 30.8 Å². The average Bonchev–Trinajstić information content (AvgIpc) is 2.89. The molecule has 2 aromatic rings. The van der Waals surface area contributed by atoms with E-state index in [1.54, 1.807) is 4.68 Å². The monoisotopic (exact) mass is 297 g/mol. The van der Waals surface area contributed by atoms with E-state index in [-0.39, 0.29) is 6.04 Å². The van der Waals surface area contributed by atoms with Crippen molar-refractivity contribution in [2.24, 2.45) is 7.05 Å². The van der Waals surface area contributed by atoms with Crippen LogP contribution in [0.5, 0.6) is 0 Å². The predicted octanol–water partition coefficient (Wildman–Crippen LogP) is 2.86. The first-order chi connectivity index (χ1) is 8.20. The molecule has 0 radical (unpaired) electrons. The largest absolute Gasteiger partial charge is 0.452 e. The molecule has 0 aliphatic carbocycles. The molecule has 0 aliphatic rings. The maximum Gasteiger partial charge on any atom is 0.169 e. The molecule has 0 fully saturated rings. The van der Waals surface area contributed by atoms with Gasteiger partial charge in [0.1, 0.15) is 11.8 Å². The van der Waals surface area contributed by atoms with E-state index in [2.05, 4.69) is 33.3 Å². The van der Waals surface area contributed by atoms with E-state index in [9.17, 15) is 0 Å². The molecule has 2 heterocycles. The van der Waals surface area contributed by atoms with Gasteiger partial charge in [-0.2, -0.15) is 5.10 Å². The van der Waals surface area contributed by atoms with Crippen molar-refractivity contribution >= 4 is 15.9 Å². The highest BCUT2D eigenvalue weighted by atomic mass is 79.9. The summed E-state index contributed by atoms with van der Waals surface area (Å²) in [4.78, 5) is 0. The van der Waals surface area contributed by atoms with Crippen LogP contribution >= 0.6 is 15.9 Å². The zero-order valence-electron chi connectivity index (χ0n) is 9.98. The Labute approximate surface area is 109 Å². The van der Waals surface area contributed by atoms with Crippen molar-refractivity contribution in [3.63, 3.8) is 0 Å². The molecular weight excluding hydrogens is 282 g/mol. The first kappa shape index (κ1) is 12.4. The van der Waals surface area contributed by atoms with Gasteiger partial charge in [0.2, 0.25) is 0 Å². The van der Waals surface area contributed by atoms with Gasteiger partial charge in [0, 0.05) is 13.2 Å². The van der Waals surface area contributed by atoms with Gasteiger partial charge in [-0.1, -0.05) is 6.92 Å². The third kappa shape index (κ3) is 2.98. The van der Waals surface area contributed by atoms with Crippen LogP contribution in [0.2, 0.25) is 0 Å². The van der Waals surface area contributed by atoms with Crippen molar-refractivity contribution < 1.29 is 4.42 Å². The second-order valence-corrected chi connectivity index (χ2v) is 4.72. The molecule has 1 atom stereocenters. The van der Waals surface area contributed by atoms with Gasteiger partial charge in [-0.25, -0.2) is 0 Å². The molecule has 0 spiro atoms. The van der Waals surface area contributed by atoms with E-state index in [1.807, 2.05) is 31.4 Å². The van der Waals surface area contributed by atoms with Gasteiger partial charge in [0.25, 0.3) is 0 Å². The minimum Gasteiger partial charge on any atom is -0.452 e. The minimum absolute atomic E-state index is 0.0162. The molecule has 0 aromatic carbocycles. The van der Waals surface area contributed by atoms with Gasteiger partial charge >= 0.3 is 0 Å². The summed E-state index contributed by atoms with van der Waals surface area (Å²) in [6.45, 7) is 3.07. The van der Waals surface area contributed by atoms with Gasteiger partial charge in [-0.3, -0.25) is 4.68 Å². The van der Waals surface area contributed by atoms with E-state index >= 15 is 0 Å². The summed E-state index contributed by atoms with van der Waals surface area (Å²) in [6, 6.07) is 5.89. The number of aryl methyl sites for hydroxylation is 1. The predicted molar refractivity (Wildman–Crippen MR) is 69.8 cm³/mol. The Morgan fingerprint density at radius 2 is 2.29 bits per heavy atom. The topological polar surface area (TPSA) is 43.0 Å². The number of halogens is 1. The lowest BCUT2D eigenvalue weighted by molar-refractivity contribution is 0.426. The lowest BCUT2D eigenvalue weighted by Crippen LogP contribution is -2.23. The van der Waals surface area contributed by atoms with Crippen LogP contribution in [-0.2, 0) is 7.05 Å². The fraction of sp³-hybridized carbons (Fsp3) is 0.417. The Balaban J connectivity index is 2.24. The van der Waals surface area contributed by atoms with Crippen LogP contribution in [0.4, 0.5) is 0 Å². The van der Waals surface area contributed by atoms with E-state index in [0.717, 1.165) is 29.1 Å². The Bertz CT molecular complexity index is 437. The lowest BCUT2D eigenvalue weighted by atomic mass is 10.1. The number of rotatable bonds is 5. The van der Waals surface area contributed by atoms with E-state index in [0.29, 0.717) is 0 Å². The summed E-state index contributed by atoms with van der Waals surface area (Å²) < 4.78 is 8.15. The Hall–Kier alpha value is -1.07. The van der Waals surface area contributed by atoms with Crippen LogP contribution in [0.15, 0.2) is 33.5 Å². The Morgan fingerprint density at radius 1 is 1.47 bits per heavy atom. The number of hydrogen-bond donors (Lipinski definition) is 1. The maximum absolute atomic E-state index is 5.61. The smallest absolute Gasteiger partial charge is 0.169 e. The normalized spacial score (nSPS) is 12.9. The molecule has 1 unspecified atom stereocenters. The fourth-order valence-electron chi connectivity index (χ4n) is 1.71. The van der Waals surface area contributed by atoms with Crippen LogP contribution in [0.3, 0.4) is 0 Å². The molecule has 0 amide bonds. The summed E-state index contributed by atoms with van der Waals surface area (Å²) in [5.41, 5.74) is 0.975. The Morgan fingerprint density at radius 3 is 2.82 bits per heavy atom. The lowest BCUT2D eigenvalue weighted by Gasteiger charge is -2.13. The number of hydrogen-bond acceptors (Lipinski definition) is 3. The number of nitrogens with zero attached hydrogens (tertiary/aromatic N) is 2. The van der Waals surface area contributed by atoms with Crippen molar-refractivity contribution in [2.75, 3.05) is 6.54 Å². The average molecular weight is 298 g/mol. The molecule has 4 nitrogen and oxygen atoms in total. The molecule has 2 aromatic heterocycles. The van der Waals surface area contributed by atoms with E-state index in [4.69, 9.17) is 4.42 Å². The third-order valence-electron chi connectivity index (χ3n) is 2.51. The van der Waals surface area contributed by atoms with Gasteiger partial charge in [0.15, 0.2) is 4.67 Å². The maximum atomic E-state index is 5.61. The molecule has 0 saturated carbocycles. The Kier molecular flexibility index (Phi) is 4.02. The second-order valence-electron chi connectivity index (χ2n) is 3.94. The van der Waals surface area contributed by atoms with E-state index < -0.39 is 0 Å². The third-order valence-corrected chi connectivity index (χ3v) is 2.93. The first-order valence-electron chi connectivity index (χ1n) is 5.69. The van der Waals surface area contributed by atoms with Crippen molar-refractivity contribution in [1.82, 2.24) is 15.1 Å². The highest BCUT2D eigenvalue weighted by molar-refractivity contribution is 9.10. The van der Waals surface area contributed by atoms with Crippen molar-refractivity contribution in [2.45, 2.75) is 19.4 Å². The SMILES string of the molecule is CCCNC(c1ccn(C)n1)c1ccc(Br)o1. The highest BCUT2D eigenvalue weighted by Crippen LogP contribution is 2.25. The van der Waals surface area contributed by atoms with Crippen LogP contribution in [0.25, 0.3) is 0 Å². The molecule has 2 rings (SSSR count). The zero-order valence-corrected chi connectivity index (χ0v) is 11.6. The zero-order chi connectivity index (χ0) is 12.3. The summed E-state index contributed by atoms with van der Waals surface area (Å²) in [6.07, 6.45) is 3.01. The molecule has 5 heteroatoms. The van der Waals surface area contributed by atoms with Gasteiger partial charge in [0.05, 0.1) is 5.69 Å². The first-order valence-corrected chi connectivity index (χ1v) is 6.48. The van der Waals surface area contributed by atoms with E-state index in [1.165, 1.54) is 0 Å². The fourth-order valence-corrected chi connectivity index (χ4v) is 2.03. The quantitative estimate of drug-likeness (QED) is 0.923. The van der Waals surface area contributed by atoms with Gasteiger partial charge < -0.3 is 9.73 Å². The summed E-state index contributed by atoms with van der Waals surface area (Å²) in [5.74, 6) is 0.879. The van der Waals surface area contributed by atoms with Crippen molar-refractivity contribution in [3.8, 4) is 0 Å². The molecular formula is C12H16BrN3O. The second kappa shape index (κ2) is 5.51. The number of nitrogens with one attached hydrogen (secondary N) is 1. The molecule has 0 aliphatic heterocycles. The van der Waals surface area contributed by atoms with Crippen molar-refractivity contribution in [3.05, 3.63) is 40.5 Å². The highest BCUT2D eigenvalue weighted by Gasteiger charge is 2.19. The molecule has 17 heavy (non-hydrogen) atoms. The standard InChI is InChI=1S/C12H16BrN3O/c1-3-7-14-12(9-6-8-16(2)15-9)10-4-5-11(13)17-10/h4-6,8,12,14H,3,7H2,1-2H3. The molecule has 0 saturated heterocycles. The summed E-state index contributed by atoms with van der Waals surface area (Å²) >= 11 is 3.33. The van der Waals surface area contributed by atoms with Crippen LogP contribution < -0.4 is 5.32 Å². The van der Waals surface area contributed by atoms with Gasteiger partial charge in [-0.05, 0) is 47.1 Å². The number of aromatic nitrogens is 2. The summed E-state index contributed by atoms with van der Waals surface area (Å²) in [5, 5.41) is 7.87. The molecule has 92 valence electrons. The molecule has 1 N–H and O–H groups in total. The minimum atomic E-state index is 0.0162. The van der Waals surface area contributed by atoms with Gasteiger partial charge in [-0.15, -0.1) is 0 Å². The van der Waals surface area contributed by atoms with Crippen LogP contribution in [0, 0.1) is 0 Å². The van der Waals surface area contributed by atoms with Crippen molar-refractivity contribution in [1.29, 1.82) is 0 Å². The summed E-state index contributed by atoms with van der Waals surface area (Å²) in [7, 11) is 1.92. The van der Waals surface area contributed by atoms with Crippen LogP contribution in [-0.4, -0.2) is 16.3 Å². The number of furan rings is 1.